The molecule has 2 amide bonds. The van der Waals surface area contributed by atoms with E-state index in [1.165, 1.54) is 12.1 Å². The summed E-state index contributed by atoms with van der Waals surface area (Å²) in [4.78, 5) is 36.5. The summed E-state index contributed by atoms with van der Waals surface area (Å²) in [5, 5.41) is 17.6. The second kappa shape index (κ2) is 10.5. The van der Waals surface area contributed by atoms with Gasteiger partial charge in [0.15, 0.2) is 0 Å². The number of rotatable bonds is 7. The molecule has 0 spiro atoms. The van der Waals surface area contributed by atoms with Crippen LogP contribution in [0.25, 0.3) is 0 Å². The Morgan fingerprint density at radius 3 is 2.76 bits per heavy atom. The van der Waals surface area contributed by atoms with E-state index in [0.29, 0.717) is 24.6 Å². The van der Waals surface area contributed by atoms with E-state index in [0.717, 1.165) is 45.3 Å². The van der Waals surface area contributed by atoms with E-state index in [2.05, 4.69) is 15.5 Å². The molecule has 160 valence electrons. The number of piperidine rings is 1. The molecule has 2 fully saturated rings. The number of carbonyl (C=O) groups excluding carboxylic acids is 2. The predicted molar refractivity (Wildman–Crippen MR) is 111 cm³/mol. The lowest BCUT2D eigenvalue weighted by Crippen LogP contribution is -2.45. The molecular weight excluding hydrogens is 398 g/mol. The Morgan fingerprint density at radius 1 is 1.31 bits per heavy atom. The molecule has 0 saturated carbocycles. The Labute approximate surface area is 175 Å². The van der Waals surface area contributed by atoms with E-state index in [-0.39, 0.29) is 35.6 Å². The Hall–Kier alpha value is -2.23. The van der Waals surface area contributed by atoms with Crippen LogP contribution in [-0.2, 0) is 11.3 Å². The number of halogens is 1. The second-order valence-electron chi connectivity index (χ2n) is 7.60. The maximum Gasteiger partial charge on any atom is 0.274 e. The zero-order chi connectivity index (χ0) is 20.1. The molecule has 2 unspecified atom stereocenters. The topological polar surface area (TPSA) is 131 Å². The molecule has 29 heavy (non-hydrogen) atoms. The Bertz CT molecular complexity index is 754. The van der Waals surface area contributed by atoms with Gasteiger partial charge >= 0.3 is 0 Å². The third kappa shape index (κ3) is 6.12. The van der Waals surface area contributed by atoms with Crippen LogP contribution < -0.4 is 16.4 Å². The van der Waals surface area contributed by atoms with E-state index < -0.39 is 10.8 Å². The molecule has 2 aliphatic heterocycles. The van der Waals surface area contributed by atoms with Crippen LogP contribution in [0.3, 0.4) is 0 Å². The molecular formula is C19H28ClN5O4. The maximum atomic E-state index is 12.2. The van der Waals surface area contributed by atoms with E-state index in [1.807, 2.05) is 0 Å². The van der Waals surface area contributed by atoms with Gasteiger partial charge in [0.1, 0.15) is 0 Å². The molecule has 2 heterocycles. The minimum Gasteiger partial charge on any atom is -0.366 e. The number of nitrogens with two attached hydrogens (primary N) is 1. The predicted octanol–water partition coefficient (Wildman–Crippen LogP) is 1.20. The Kier molecular flexibility index (Phi) is 8.36. The lowest BCUT2D eigenvalue weighted by Gasteiger charge is -2.33. The van der Waals surface area contributed by atoms with Crippen LogP contribution in [0.1, 0.15) is 41.6 Å². The molecule has 2 atom stereocenters. The molecule has 0 aromatic heterocycles. The summed E-state index contributed by atoms with van der Waals surface area (Å²) >= 11 is 0. The number of likely N-dealkylation sites (tertiary alicyclic amines) is 1. The SMILES string of the molecule is Cl.NC(=O)c1ccc(CN2CCCC(CNC(=O)C3CCCN3)C2)c([N+](=O)[O-])c1. The number of nitrogens with one attached hydrogen (secondary N) is 2. The number of nitro benzene ring substituents is 1. The highest BCUT2D eigenvalue weighted by atomic mass is 35.5. The summed E-state index contributed by atoms with van der Waals surface area (Å²) in [6.45, 7) is 3.57. The molecule has 9 nitrogen and oxygen atoms in total. The van der Waals surface area contributed by atoms with Crippen molar-refractivity contribution >= 4 is 29.9 Å². The fourth-order valence-electron chi connectivity index (χ4n) is 4.00. The minimum atomic E-state index is -0.680. The number of nitrogens with zero attached hydrogens (tertiary/aromatic N) is 2. The van der Waals surface area contributed by atoms with E-state index in [1.54, 1.807) is 6.07 Å². The Balaban J connectivity index is 0.00000300. The first-order valence-corrected chi connectivity index (χ1v) is 9.74. The smallest absolute Gasteiger partial charge is 0.274 e. The third-order valence-corrected chi connectivity index (χ3v) is 5.51. The van der Waals surface area contributed by atoms with Gasteiger partial charge in [0.25, 0.3) is 5.69 Å². The number of amides is 2. The number of carbonyl (C=O) groups is 2. The van der Waals surface area contributed by atoms with Crippen LogP contribution >= 0.6 is 12.4 Å². The van der Waals surface area contributed by atoms with Crippen molar-refractivity contribution in [2.45, 2.75) is 38.3 Å². The molecule has 1 aromatic carbocycles. The maximum absolute atomic E-state index is 12.2. The summed E-state index contributed by atoms with van der Waals surface area (Å²) < 4.78 is 0. The lowest BCUT2D eigenvalue weighted by molar-refractivity contribution is -0.385. The van der Waals surface area contributed by atoms with Gasteiger partial charge in [-0.15, -0.1) is 12.4 Å². The van der Waals surface area contributed by atoms with E-state index in [4.69, 9.17) is 5.73 Å². The van der Waals surface area contributed by atoms with E-state index >= 15 is 0 Å². The number of hydrogen-bond acceptors (Lipinski definition) is 6. The molecule has 10 heteroatoms. The second-order valence-corrected chi connectivity index (χ2v) is 7.60. The van der Waals surface area contributed by atoms with Crippen LogP contribution in [0.4, 0.5) is 5.69 Å². The van der Waals surface area contributed by atoms with Crippen molar-refractivity contribution in [3.63, 3.8) is 0 Å². The quantitative estimate of drug-likeness (QED) is 0.444. The number of nitro groups is 1. The molecule has 0 radical (unpaired) electrons. The van der Waals surface area contributed by atoms with Crippen molar-refractivity contribution in [2.24, 2.45) is 11.7 Å². The summed E-state index contributed by atoms with van der Waals surface area (Å²) in [5.41, 5.74) is 5.84. The monoisotopic (exact) mass is 425 g/mol. The van der Waals surface area contributed by atoms with E-state index in [9.17, 15) is 19.7 Å². The zero-order valence-corrected chi connectivity index (χ0v) is 17.1. The van der Waals surface area contributed by atoms with Crippen LogP contribution in [-0.4, -0.2) is 53.9 Å². The minimum absolute atomic E-state index is 0. The summed E-state index contributed by atoms with van der Waals surface area (Å²) in [5.74, 6) is -0.296. The fourth-order valence-corrected chi connectivity index (χ4v) is 4.00. The molecule has 0 aliphatic carbocycles. The molecule has 0 bridgehead atoms. The summed E-state index contributed by atoms with van der Waals surface area (Å²) in [7, 11) is 0. The molecule has 4 N–H and O–H groups in total. The van der Waals surface area contributed by atoms with Crippen molar-refractivity contribution < 1.29 is 14.5 Å². The third-order valence-electron chi connectivity index (χ3n) is 5.51. The molecule has 2 saturated heterocycles. The van der Waals surface area contributed by atoms with Crippen molar-refractivity contribution in [3.8, 4) is 0 Å². The molecule has 3 rings (SSSR count). The standard InChI is InChI=1S/C19H27N5O4.ClH/c20-18(25)14-5-6-15(17(9-14)24(27)28)12-23-8-2-3-13(11-23)10-22-19(26)16-4-1-7-21-16;/h5-6,9,13,16,21H,1-4,7-8,10-12H2,(H2,20,25)(H,22,26);1H. The van der Waals surface area contributed by atoms with Crippen molar-refractivity contribution in [1.82, 2.24) is 15.5 Å². The van der Waals surface area contributed by atoms with Gasteiger partial charge in [-0.3, -0.25) is 24.6 Å². The van der Waals surface area contributed by atoms with Crippen LogP contribution in [0, 0.1) is 16.0 Å². The number of hydrogen-bond donors (Lipinski definition) is 3. The van der Waals surface area contributed by atoms with Crippen molar-refractivity contribution in [3.05, 3.63) is 39.4 Å². The van der Waals surface area contributed by atoms with Crippen molar-refractivity contribution in [1.29, 1.82) is 0 Å². The lowest BCUT2D eigenvalue weighted by atomic mass is 9.97. The molecule has 2 aliphatic rings. The average molecular weight is 426 g/mol. The van der Waals surface area contributed by atoms with Gasteiger partial charge < -0.3 is 16.4 Å². The van der Waals surface area contributed by atoms with Crippen LogP contribution in [0.2, 0.25) is 0 Å². The van der Waals surface area contributed by atoms with Gasteiger partial charge in [-0.05, 0) is 50.8 Å². The number of benzene rings is 1. The van der Waals surface area contributed by atoms with Gasteiger partial charge in [0.2, 0.25) is 11.8 Å². The summed E-state index contributed by atoms with van der Waals surface area (Å²) in [6.07, 6.45) is 3.92. The zero-order valence-electron chi connectivity index (χ0n) is 16.3. The van der Waals surface area contributed by atoms with Gasteiger partial charge in [-0.1, -0.05) is 6.07 Å². The summed E-state index contributed by atoms with van der Waals surface area (Å²) in [6, 6.07) is 4.30. The molecule has 1 aromatic rings. The van der Waals surface area contributed by atoms with Gasteiger partial charge in [-0.25, -0.2) is 0 Å². The highest BCUT2D eigenvalue weighted by molar-refractivity contribution is 5.93. The first-order valence-electron chi connectivity index (χ1n) is 9.74. The van der Waals surface area contributed by atoms with Crippen molar-refractivity contribution in [2.75, 3.05) is 26.2 Å². The van der Waals surface area contributed by atoms with Gasteiger partial charge in [0, 0.05) is 36.8 Å². The fraction of sp³-hybridized carbons (Fsp3) is 0.579. The first kappa shape index (κ1) is 23.1. The highest BCUT2D eigenvalue weighted by Crippen LogP contribution is 2.25. The number of primary amides is 1. The van der Waals surface area contributed by atoms with Crippen LogP contribution in [0.5, 0.6) is 0 Å². The Morgan fingerprint density at radius 2 is 2.10 bits per heavy atom. The van der Waals surface area contributed by atoms with Gasteiger partial charge in [0.05, 0.1) is 11.0 Å². The normalized spacial score (nSPS) is 21.9. The highest BCUT2D eigenvalue weighted by Gasteiger charge is 2.26. The first-order chi connectivity index (χ1) is 13.4. The van der Waals surface area contributed by atoms with Crippen LogP contribution in [0.15, 0.2) is 18.2 Å². The average Bonchev–Trinajstić information content (AvgIpc) is 3.21. The van der Waals surface area contributed by atoms with Gasteiger partial charge in [-0.2, -0.15) is 0 Å². The largest absolute Gasteiger partial charge is 0.366 e.